The molecule has 7 heteroatoms. The van der Waals surface area contributed by atoms with Crippen molar-refractivity contribution in [2.24, 2.45) is 11.3 Å². The standard InChI is InChI=1S/C15H29NO.C3H7NO.2ClH.Ti/c1-5-7-8-12-9-10-15(3,4)11-13(12)16-14(17)6-2;1-2-3(4)5;;;/h12-13H,5-11H2,1-4H3,(H,16,17);2H2,1H3,(H2,4,5);2*1H;/q;;;;+3/p-3. The Hall–Kier alpha value is 0.234. The topological polar surface area (TPSA) is 58.2 Å². The molecule has 0 aromatic carbocycles. The molecule has 0 aliphatic heterocycles. The zero-order chi connectivity index (χ0) is 17.9. The van der Waals surface area contributed by atoms with Crippen molar-refractivity contribution in [2.45, 2.75) is 92.0 Å². The van der Waals surface area contributed by atoms with E-state index in [9.17, 15) is 9.59 Å². The Morgan fingerprint density at radius 2 is 1.64 bits per heavy atom. The second-order valence-electron chi connectivity index (χ2n) is 7.24. The van der Waals surface area contributed by atoms with Crippen LogP contribution in [0.4, 0.5) is 0 Å². The summed E-state index contributed by atoms with van der Waals surface area (Å²) in [5.41, 5.74) is 0.397. The van der Waals surface area contributed by atoms with E-state index in [4.69, 9.17) is 0 Å². The first-order chi connectivity index (χ1) is 10.8. The molecule has 0 radical (unpaired) electrons. The van der Waals surface area contributed by atoms with Crippen LogP contribution in [0.1, 0.15) is 86.0 Å². The monoisotopic (exact) mass is 429 g/mol. The normalized spacial score (nSPS) is 20.8. The first-order valence-electron chi connectivity index (χ1n) is 9.04. The van der Waals surface area contributed by atoms with E-state index in [1.165, 1.54) is 32.1 Å². The van der Waals surface area contributed by atoms with Gasteiger partial charge >= 0.3 is 48.5 Å². The molecule has 4 nitrogen and oxygen atoms in total. The molecule has 1 aliphatic rings. The molecule has 0 spiro atoms. The maximum atomic E-state index is 11.6. The van der Waals surface area contributed by atoms with E-state index in [-0.39, 0.29) is 36.6 Å². The van der Waals surface area contributed by atoms with Crippen LogP contribution in [0, 0.1) is 11.3 Å². The van der Waals surface area contributed by atoms with Gasteiger partial charge in [0, 0.05) is 12.5 Å². The summed E-state index contributed by atoms with van der Waals surface area (Å²) >= 11 is 1.63. The van der Waals surface area contributed by atoms with E-state index in [0.29, 0.717) is 30.2 Å². The molecular formula is C18H35Cl2N2O2Ti. The summed E-state index contributed by atoms with van der Waals surface area (Å²) in [5.74, 6) is 1.02. The number of amides is 2. The number of carbonyl (C=O) groups is 2. The Morgan fingerprint density at radius 1 is 1.08 bits per heavy atom. The molecule has 2 atom stereocenters. The SMILES string of the molecule is CCC(=O)[NH][Ti+2].CCCCC1CCC(C)(C)CC1NC(=O)CC.[Cl-].[Cl-]. The molecule has 1 rings (SSSR count). The third kappa shape index (κ3) is 14.0. The van der Waals surface area contributed by atoms with Crippen molar-refractivity contribution < 1.29 is 55.1 Å². The minimum atomic E-state index is 0. The number of rotatable bonds is 6. The van der Waals surface area contributed by atoms with Crippen LogP contribution in [-0.4, -0.2) is 17.9 Å². The number of nitrogens with one attached hydrogen (secondary N) is 2. The molecule has 2 amide bonds. The minimum Gasteiger partial charge on any atom is -1.00 e. The molecule has 0 aromatic heterocycles. The number of unbranched alkanes of at least 4 members (excludes halogenated alkanes) is 1. The average molecular weight is 430 g/mol. The fraction of sp³-hybridized carbons (Fsp3) is 0.889. The van der Waals surface area contributed by atoms with E-state index in [1.807, 2.05) is 13.8 Å². The number of hydrogen-bond donors (Lipinski definition) is 2. The number of hydrogen-bond acceptors (Lipinski definition) is 2. The summed E-state index contributed by atoms with van der Waals surface area (Å²) in [4.78, 5) is 21.7. The predicted molar refractivity (Wildman–Crippen MR) is 91.3 cm³/mol. The summed E-state index contributed by atoms with van der Waals surface area (Å²) < 4.78 is 2.48. The van der Waals surface area contributed by atoms with Crippen LogP contribution < -0.4 is 33.9 Å². The maximum absolute atomic E-state index is 11.6. The van der Waals surface area contributed by atoms with Gasteiger partial charge in [-0.25, -0.2) is 0 Å². The second kappa shape index (κ2) is 16.4. The van der Waals surface area contributed by atoms with E-state index < -0.39 is 0 Å². The van der Waals surface area contributed by atoms with Crippen molar-refractivity contribution in [1.82, 2.24) is 9.12 Å². The fourth-order valence-electron chi connectivity index (χ4n) is 3.02. The summed E-state index contributed by atoms with van der Waals surface area (Å²) in [7, 11) is 0. The van der Waals surface area contributed by atoms with Crippen LogP contribution in [0.3, 0.4) is 0 Å². The molecule has 2 unspecified atom stereocenters. The van der Waals surface area contributed by atoms with Gasteiger partial charge in [-0.15, -0.1) is 0 Å². The smallest absolute Gasteiger partial charge is 0.219 e. The zero-order valence-electron chi connectivity index (χ0n) is 16.4. The van der Waals surface area contributed by atoms with E-state index in [0.717, 1.165) is 6.42 Å². The Morgan fingerprint density at radius 3 is 2.04 bits per heavy atom. The molecule has 0 saturated heterocycles. The molecule has 0 bridgehead atoms. The molecule has 0 aromatic rings. The van der Waals surface area contributed by atoms with Crippen molar-refractivity contribution in [3.05, 3.63) is 0 Å². The van der Waals surface area contributed by atoms with Gasteiger partial charge in [0.25, 0.3) is 0 Å². The quantitative estimate of drug-likeness (QED) is 0.474. The second-order valence-corrected chi connectivity index (χ2v) is 7.63. The van der Waals surface area contributed by atoms with Crippen LogP contribution in [0.2, 0.25) is 0 Å². The molecule has 1 saturated carbocycles. The molecule has 1 fully saturated rings. The Kier molecular flexibility index (Phi) is 19.7. The van der Waals surface area contributed by atoms with Crippen molar-refractivity contribution in [3.8, 4) is 0 Å². The number of carbonyl (C=O) groups excluding carboxylic acids is 2. The summed E-state index contributed by atoms with van der Waals surface area (Å²) in [5, 5.41) is 3.24. The first-order valence-corrected chi connectivity index (χ1v) is 9.82. The molecule has 147 valence electrons. The first kappa shape index (κ1) is 30.0. The molecule has 1 aliphatic carbocycles. The fourth-order valence-corrected chi connectivity index (χ4v) is 3.30. The van der Waals surface area contributed by atoms with Gasteiger partial charge in [0.15, 0.2) is 0 Å². The van der Waals surface area contributed by atoms with Crippen molar-refractivity contribution in [1.29, 1.82) is 0 Å². The molecule has 2 N–H and O–H groups in total. The maximum Gasteiger partial charge on any atom is 0.219 e. The third-order valence-corrected chi connectivity index (χ3v) is 5.03. The van der Waals surface area contributed by atoms with E-state index in [2.05, 4.69) is 29.9 Å². The van der Waals surface area contributed by atoms with E-state index in [1.54, 1.807) is 20.7 Å². The van der Waals surface area contributed by atoms with Gasteiger partial charge in [0.2, 0.25) is 5.91 Å². The summed E-state index contributed by atoms with van der Waals surface area (Å²) in [6.45, 7) is 10.7. The van der Waals surface area contributed by atoms with Crippen LogP contribution in [0.15, 0.2) is 0 Å². The van der Waals surface area contributed by atoms with Gasteiger partial charge in [0.1, 0.15) is 0 Å². The zero-order valence-corrected chi connectivity index (χ0v) is 19.5. The van der Waals surface area contributed by atoms with Gasteiger partial charge in [-0.3, -0.25) is 4.79 Å². The molecule has 0 heterocycles. The Bertz CT molecular complexity index is 363. The Balaban J connectivity index is -0.000000525. The van der Waals surface area contributed by atoms with Gasteiger partial charge in [-0.05, 0) is 37.0 Å². The molecule has 25 heavy (non-hydrogen) atoms. The Labute approximate surface area is 179 Å². The van der Waals surface area contributed by atoms with Gasteiger partial charge in [-0.1, -0.05) is 40.5 Å². The van der Waals surface area contributed by atoms with Crippen molar-refractivity contribution in [3.63, 3.8) is 0 Å². The van der Waals surface area contributed by atoms with Gasteiger partial charge in [0.05, 0.1) is 0 Å². The summed E-state index contributed by atoms with van der Waals surface area (Å²) in [6, 6.07) is 0.415. The van der Waals surface area contributed by atoms with Gasteiger partial charge < -0.3 is 30.1 Å². The van der Waals surface area contributed by atoms with Crippen molar-refractivity contribution >= 4 is 11.8 Å². The minimum absolute atomic E-state index is 0. The van der Waals surface area contributed by atoms with Crippen LogP contribution >= 0.6 is 0 Å². The predicted octanol–water partition coefficient (Wildman–Crippen LogP) is -2.12. The number of halogens is 2. The summed E-state index contributed by atoms with van der Waals surface area (Å²) in [6.07, 6.45) is 8.75. The molecular weight excluding hydrogens is 395 g/mol. The third-order valence-electron chi connectivity index (χ3n) is 4.59. The van der Waals surface area contributed by atoms with Gasteiger partial charge in [-0.2, -0.15) is 0 Å². The van der Waals surface area contributed by atoms with Crippen LogP contribution in [0.25, 0.3) is 0 Å². The van der Waals surface area contributed by atoms with Crippen LogP contribution in [0.5, 0.6) is 0 Å². The average Bonchev–Trinajstić information content (AvgIpc) is 2.53. The van der Waals surface area contributed by atoms with Crippen LogP contribution in [-0.2, 0) is 30.3 Å². The largest absolute Gasteiger partial charge is 1.00 e. The van der Waals surface area contributed by atoms with E-state index >= 15 is 0 Å². The van der Waals surface area contributed by atoms with Crippen molar-refractivity contribution in [2.75, 3.05) is 0 Å².